The SMILES string of the molecule is Cc1ccccc1N(c1ccc2c(c1)oc1ccccc12)c1cccc2c1-c1ccccc1C21c2ccccc2Oc2c1ccc1ccccc21. The van der Waals surface area contributed by atoms with Crippen molar-refractivity contribution in [2.24, 2.45) is 0 Å². The van der Waals surface area contributed by atoms with Crippen molar-refractivity contribution >= 4 is 49.8 Å². The van der Waals surface area contributed by atoms with Crippen molar-refractivity contribution in [3.05, 3.63) is 198 Å². The average Bonchev–Trinajstić information content (AvgIpc) is 3.70. The standard InChI is InChI=1S/C48H31NO2/c1-30-13-2-9-21-41(30)49(32-26-27-35-34-16-6-10-23-43(34)50-45(35)29-32)42-22-12-20-39-46(42)36-17-5-7-18-37(36)48(39)38-19-8-11-24-44(38)51-47-33-15-4-3-14-31(33)25-28-40(47)48/h2-29H,1H3. The van der Waals surface area contributed by atoms with Crippen LogP contribution >= 0.6 is 0 Å². The summed E-state index contributed by atoms with van der Waals surface area (Å²) in [6.07, 6.45) is 0. The number of aryl methyl sites for hydroxylation is 1. The van der Waals surface area contributed by atoms with Gasteiger partial charge in [0.2, 0.25) is 0 Å². The van der Waals surface area contributed by atoms with Gasteiger partial charge in [-0.3, -0.25) is 0 Å². The number of benzene rings is 8. The maximum Gasteiger partial charge on any atom is 0.140 e. The van der Waals surface area contributed by atoms with Gasteiger partial charge >= 0.3 is 0 Å². The number of furan rings is 1. The summed E-state index contributed by atoms with van der Waals surface area (Å²) in [5, 5.41) is 4.52. The van der Waals surface area contributed by atoms with Crippen LogP contribution in [0.15, 0.2) is 174 Å². The molecule has 9 aromatic rings. The summed E-state index contributed by atoms with van der Waals surface area (Å²) < 4.78 is 13.3. The molecule has 0 radical (unpaired) electrons. The molecule has 3 nitrogen and oxygen atoms in total. The molecule has 8 aromatic carbocycles. The first-order valence-corrected chi connectivity index (χ1v) is 17.5. The highest BCUT2D eigenvalue weighted by atomic mass is 16.5. The summed E-state index contributed by atoms with van der Waals surface area (Å²) in [5.41, 5.74) is 12.9. The lowest BCUT2D eigenvalue weighted by Gasteiger charge is -2.40. The fourth-order valence-corrected chi connectivity index (χ4v) is 8.92. The third-order valence-corrected chi connectivity index (χ3v) is 11.1. The molecule has 0 bridgehead atoms. The van der Waals surface area contributed by atoms with E-state index in [0.717, 1.165) is 72.4 Å². The van der Waals surface area contributed by atoms with E-state index < -0.39 is 5.41 Å². The molecule has 2 heterocycles. The molecule has 3 heteroatoms. The smallest absolute Gasteiger partial charge is 0.140 e. The van der Waals surface area contributed by atoms with E-state index in [9.17, 15) is 0 Å². The molecule has 1 aliphatic heterocycles. The maximum absolute atomic E-state index is 6.88. The topological polar surface area (TPSA) is 25.6 Å². The highest BCUT2D eigenvalue weighted by Crippen LogP contribution is 2.64. The van der Waals surface area contributed by atoms with Crippen LogP contribution in [0.3, 0.4) is 0 Å². The van der Waals surface area contributed by atoms with Crippen LogP contribution in [-0.2, 0) is 5.41 Å². The van der Waals surface area contributed by atoms with Crippen molar-refractivity contribution in [2.75, 3.05) is 4.90 Å². The Morgan fingerprint density at radius 2 is 1.20 bits per heavy atom. The van der Waals surface area contributed by atoms with Crippen LogP contribution in [0.25, 0.3) is 43.8 Å². The quantitative estimate of drug-likeness (QED) is 0.190. The second-order valence-corrected chi connectivity index (χ2v) is 13.7. The lowest BCUT2D eigenvalue weighted by Crippen LogP contribution is -2.32. The molecule has 1 aliphatic carbocycles. The van der Waals surface area contributed by atoms with E-state index in [-0.39, 0.29) is 0 Å². The number of nitrogens with zero attached hydrogens (tertiary/aromatic N) is 1. The number of ether oxygens (including phenoxy) is 1. The lowest BCUT2D eigenvalue weighted by atomic mass is 9.65. The first-order valence-electron chi connectivity index (χ1n) is 17.5. The van der Waals surface area contributed by atoms with Crippen molar-refractivity contribution in [1.82, 2.24) is 0 Å². The van der Waals surface area contributed by atoms with E-state index >= 15 is 0 Å². The number of hydrogen-bond acceptors (Lipinski definition) is 3. The molecule has 11 rings (SSSR count). The first-order chi connectivity index (χ1) is 25.2. The van der Waals surface area contributed by atoms with E-state index in [4.69, 9.17) is 9.15 Å². The molecule has 1 spiro atoms. The lowest BCUT2D eigenvalue weighted by molar-refractivity contribution is 0.441. The van der Waals surface area contributed by atoms with Gasteiger partial charge in [0.15, 0.2) is 0 Å². The molecule has 0 saturated heterocycles. The molecule has 0 amide bonds. The summed E-state index contributed by atoms with van der Waals surface area (Å²) in [7, 11) is 0. The monoisotopic (exact) mass is 653 g/mol. The zero-order chi connectivity index (χ0) is 33.7. The minimum absolute atomic E-state index is 0.587. The average molecular weight is 654 g/mol. The molecule has 0 fully saturated rings. The molecule has 0 saturated carbocycles. The highest BCUT2D eigenvalue weighted by Gasteiger charge is 2.52. The van der Waals surface area contributed by atoms with Gasteiger partial charge in [0.25, 0.3) is 0 Å². The molecule has 0 N–H and O–H groups in total. The Bertz CT molecular complexity index is 2880. The number of fused-ring (bicyclic) bond motifs is 14. The summed E-state index contributed by atoms with van der Waals surface area (Å²) in [6, 6.07) is 61.0. The van der Waals surface area contributed by atoms with E-state index in [1.807, 2.05) is 12.1 Å². The van der Waals surface area contributed by atoms with Gasteiger partial charge in [-0.2, -0.15) is 0 Å². The summed E-state index contributed by atoms with van der Waals surface area (Å²) >= 11 is 0. The predicted octanol–water partition coefficient (Wildman–Crippen LogP) is 13.0. The van der Waals surface area contributed by atoms with Gasteiger partial charge in [0.1, 0.15) is 22.7 Å². The summed E-state index contributed by atoms with van der Waals surface area (Å²) in [5.74, 6) is 1.81. The van der Waals surface area contributed by atoms with Gasteiger partial charge in [0.05, 0.1) is 11.1 Å². The third kappa shape index (κ3) is 3.78. The van der Waals surface area contributed by atoms with Crippen molar-refractivity contribution in [1.29, 1.82) is 0 Å². The Morgan fingerprint density at radius 3 is 2.12 bits per heavy atom. The number of anilines is 3. The fourth-order valence-electron chi connectivity index (χ4n) is 8.92. The zero-order valence-corrected chi connectivity index (χ0v) is 27.9. The molecule has 240 valence electrons. The molecule has 1 aromatic heterocycles. The van der Waals surface area contributed by atoms with Crippen molar-refractivity contribution in [3.8, 4) is 22.6 Å². The van der Waals surface area contributed by atoms with E-state index in [2.05, 4.69) is 170 Å². The molecule has 1 atom stereocenters. The van der Waals surface area contributed by atoms with Crippen LogP contribution in [0.1, 0.15) is 27.8 Å². The van der Waals surface area contributed by atoms with Crippen LogP contribution in [0.2, 0.25) is 0 Å². The summed E-state index contributed by atoms with van der Waals surface area (Å²) in [6.45, 7) is 2.19. The molecule has 51 heavy (non-hydrogen) atoms. The highest BCUT2D eigenvalue weighted by molar-refractivity contribution is 6.07. The van der Waals surface area contributed by atoms with Gasteiger partial charge in [-0.25, -0.2) is 0 Å². The Balaban J connectivity index is 1.25. The Morgan fingerprint density at radius 1 is 0.490 bits per heavy atom. The van der Waals surface area contributed by atoms with E-state index in [0.29, 0.717) is 0 Å². The van der Waals surface area contributed by atoms with Gasteiger partial charge < -0.3 is 14.1 Å². The minimum atomic E-state index is -0.587. The van der Waals surface area contributed by atoms with Crippen molar-refractivity contribution in [3.63, 3.8) is 0 Å². The predicted molar refractivity (Wildman–Crippen MR) is 208 cm³/mol. The fraction of sp³-hybridized carbons (Fsp3) is 0.0417. The second-order valence-electron chi connectivity index (χ2n) is 13.7. The van der Waals surface area contributed by atoms with Crippen LogP contribution in [0, 0.1) is 6.92 Å². The zero-order valence-electron chi connectivity index (χ0n) is 27.9. The summed E-state index contributed by atoms with van der Waals surface area (Å²) in [4.78, 5) is 2.42. The van der Waals surface area contributed by atoms with Crippen molar-refractivity contribution < 1.29 is 9.15 Å². The Kier molecular flexibility index (Phi) is 5.80. The minimum Gasteiger partial charge on any atom is -0.456 e. The third-order valence-electron chi connectivity index (χ3n) is 11.1. The number of para-hydroxylation sites is 3. The second kappa shape index (κ2) is 10.5. The Labute approximate surface area is 295 Å². The van der Waals surface area contributed by atoms with Crippen LogP contribution in [0.5, 0.6) is 11.5 Å². The van der Waals surface area contributed by atoms with E-state index in [1.54, 1.807) is 0 Å². The van der Waals surface area contributed by atoms with Gasteiger partial charge in [-0.05, 0) is 71.0 Å². The maximum atomic E-state index is 6.88. The first kappa shape index (κ1) is 28.3. The molecular formula is C48H31NO2. The van der Waals surface area contributed by atoms with Crippen LogP contribution in [-0.4, -0.2) is 0 Å². The molecule has 2 aliphatic rings. The van der Waals surface area contributed by atoms with Crippen LogP contribution < -0.4 is 9.64 Å². The molecular weight excluding hydrogens is 623 g/mol. The molecule has 1 unspecified atom stereocenters. The largest absolute Gasteiger partial charge is 0.456 e. The number of hydrogen-bond donors (Lipinski definition) is 0. The van der Waals surface area contributed by atoms with Crippen LogP contribution in [0.4, 0.5) is 17.1 Å². The van der Waals surface area contributed by atoms with E-state index in [1.165, 1.54) is 27.8 Å². The number of rotatable bonds is 3. The van der Waals surface area contributed by atoms with Gasteiger partial charge in [-0.1, -0.05) is 127 Å². The van der Waals surface area contributed by atoms with Gasteiger partial charge in [0, 0.05) is 50.3 Å². The Hall–Kier alpha value is -6.58. The van der Waals surface area contributed by atoms with Gasteiger partial charge in [-0.15, -0.1) is 0 Å². The van der Waals surface area contributed by atoms with Crippen molar-refractivity contribution in [2.45, 2.75) is 12.3 Å². The normalized spacial score (nSPS) is 15.4.